The lowest BCUT2D eigenvalue weighted by atomic mass is 9.41. The van der Waals surface area contributed by atoms with Crippen molar-refractivity contribution in [3.05, 3.63) is 118 Å². The second kappa shape index (κ2) is 9.72. The third-order valence-corrected chi connectivity index (χ3v) is 11.1. The van der Waals surface area contributed by atoms with Gasteiger partial charge in [0.1, 0.15) is 0 Å². The Kier molecular flexibility index (Phi) is 6.97. The fraction of sp³-hybridized carbons (Fsp3) is 0.415. The number of fused-ring (bicyclic) bond motifs is 3. The van der Waals surface area contributed by atoms with Gasteiger partial charge in [0.15, 0.2) is 0 Å². The number of hydrogen-bond donors (Lipinski definition) is 0. The van der Waals surface area contributed by atoms with E-state index in [0.29, 0.717) is 5.92 Å². The molecule has 0 bridgehead atoms. The average molecular weight is 543 g/mol. The Morgan fingerprint density at radius 2 is 1.63 bits per heavy atom. The molecule has 0 unspecified atom stereocenters. The average Bonchev–Trinajstić information content (AvgIpc) is 2.85. The molecule has 0 aliphatic heterocycles. The van der Waals surface area contributed by atoms with E-state index >= 15 is 0 Å². The first-order valence-electron chi connectivity index (χ1n) is 15.4. The van der Waals surface area contributed by atoms with Gasteiger partial charge in [-0.3, -0.25) is 0 Å². The normalized spacial score (nSPS) is 27.6. The predicted molar refractivity (Wildman–Crippen MR) is 181 cm³/mol. The third-order valence-electron chi connectivity index (χ3n) is 11.1. The highest BCUT2D eigenvalue weighted by atomic mass is 14.6. The summed E-state index contributed by atoms with van der Waals surface area (Å²) in [6, 6.07) is 13.7. The molecule has 3 aliphatic carbocycles. The zero-order valence-electron chi connectivity index (χ0n) is 27.2. The topological polar surface area (TPSA) is 0 Å². The molecule has 3 atom stereocenters. The summed E-state index contributed by atoms with van der Waals surface area (Å²) in [5, 5.41) is 0. The molecule has 0 fully saturated rings. The van der Waals surface area contributed by atoms with Crippen molar-refractivity contribution in [2.24, 2.45) is 22.2 Å². The van der Waals surface area contributed by atoms with Crippen LogP contribution in [0, 0.1) is 29.1 Å². The molecule has 0 saturated carbocycles. The second-order valence-corrected chi connectivity index (χ2v) is 14.7. The SMILES string of the molecule is C=C(C)C1=C(C)C[C@@]2(C)C[C@@]3(C)Cc4c(-c5cccc(C(=C)CC(C)C)c5)ccc(C)c4C(=C)C3=C(C)[C@@]2(C)C1=C. The highest BCUT2D eigenvalue weighted by molar-refractivity contribution is 5.90. The van der Waals surface area contributed by atoms with Crippen LogP contribution >= 0.6 is 0 Å². The molecule has 0 nitrogen and oxygen atoms in total. The van der Waals surface area contributed by atoms with Gasteiger partial charge in [-0.2, -0.15) is 0 Å². The maximum atomic E-state index is 4.86. The van der Waals surface area contributed by atoms with Gasteiger partial charge in [-0.05, 0) is 137 Å². The number of allylic oxidation sites excluding steroid dienone is 8. The number of hydrogen-bond acceptors (Lipinski definition) is 0. The largest absolute Gasteiger partial charge is 0.0955 e. The molecule has 3 aliphatic rings. The van der Waals surface area contributed by atoms with Crippen molar-refractivity contribution in [3.63, 3.8) is 0 Å². The smallest absolute Gasteiger partial charge is 0.0194 e. The molecule has 41 heavy (non-hydrogen) atoms. The lowest BCUT2D eigenvalue weighted by Gasteiger charge is -2.62. The standard InChI is InChI=1S/C41H50/c1-24(2)19-27(6)32-15-14-16-33(20-32)34-18-17-26(5)37-29(8)38-31(10)41(13)30(9)36(25(3)4)28(7)21-40(41,12)23-39(38,11)22-35(34)37/h14-18,20,24H,3,6,8-9,19,21-23H2,1-2,4-5,7,10-13H3/t39-,40+,41-/m1/s1. The van der Waals surface area contributed by atoms with E-state index < -0.39 is 0 Å². The zero-order valence-corrected chi connectivity index (χ0v) is 27.2. The van der Waals surface area contributed by atoms with Crippen LogP contribution in [0.15, 0.2) is 96.2 Å². The van der Waals surface area contributed by atoms with Crippen LogP contribution in [0.5, 0.6) is 0 Å². The molecule has 0 heterocycles. The lowest BCUT2D eigenvalue weighted by Crippen LogP contribution is -2.52. The van der Waals surface area contributed by atoms with Crippen molar-refractivity contribution in [2.75, 3.05) is 0 Å². The van der Waals surface area contributed by atoms with Crippen LogP contribution < -0.4 is 0 Å². The first-order chi connectivity index (χ1) is 19.1. The summed E-state index contributed by atoms with van der Waals surface area (Å²) in [5.74, 6) is 0.592. The van der Waals surface area contributed by atoms with Gasteiger partial charge in [-0.1, -0.05) is 108 Å². The van der Waals surface area contributed by atoms with Crippen LogP contribution in [0.25, 0.3) is 22.3 Å². The van der Waals surface area contributed by atoms with Crippen LogP contribution in [0.2, 0.25) is 0 Å². The lowest BCUT2D eigenvalue weighted by molar-refractivity contribution is 0.0544. The van der Waals surface area contributed by atoms with E-state index in [1.165, 1.54) is 72.4 Å². The van der Waals surface area contributed by atoms with E-state index in [1.807, 2.05) is 0 Å². The maximum absolute atomic E-state index is 4.86. The van der Waals surface area contributed by atoms with Crippen LogP contribution in [-0.2, 0) is 6.42 Å². The molecule has 2 aromatic carbocycles. The van der Waals surface area contributed by atoms with Gasteiger partial charge < -0.3 is 0 Å². The molecule has 0 heteroatoms. The summed E-state index contributed by atoms with van der Waals surface area (Å²) in [4.78, 5) is 0. The third kappa shape index (κ3) is 4.24. The summed E-state index contributed by atoms with van der Waals surface area (Å²) in [6.45, 7) is 39.5. The van der Waals surface area contributed by atoms with Gasteiger partial charge >= 0.3 is 0 Å². The van der Waals surface area contributed by atoms with Crippen molar-refractivity contribution in [3.8, 4) is 11.1 Å². The van der Waals surface area contributed by atoms with Crippen molar-refractivity contribution in [1.29, 1.82) is 0 Å². The van der Waals surface area contributed by atoms with E-state index in [0.717, 1.165) is 31.3 Å². The summed E-state index contributed by atoms with van der Waals surface area (Å²) < 4.78 is 0. The number of benzene rings is 2. The second-order valence-electron chi connectivity index (χ2n) is 14.7. The Morgan fingerprint density at radius 3 is 2.27 bits per heavy atom. The molecule has 0 saturated heterocycles. The molecule has 0 N–H and O–H groups in total. The van der Waals surface area contributed by atoms with Gasteiger partial charge in [0, 0.05) is 5.41 Å². The number of aryl methyl sites for hydroxylation is 1. The fourth-order valence-electron chi connectivity index (χ4n) is 9.33. The highest BCUT2D eigenvalue weighted by Crippen LogP contribution is 2.70. The summed E-state index contributed by atoms with van der Waals surface area (Å²) in [7, 11) is 0. The molecular weight excluding hydrogens is 492 g/mol. The molecule has 2 aromatic rings. The van der Waals surface area contributed by atoms with Crippen molar-refractivity contribution in [2.45, 2.75) is 88.0 Å². The van der Waals surface area contributed by atoms with Crippen LogP contribution in [0.4, 0.5) is 0 Å². The first kappa shape index (κ1) is 29.4. The molecule has 5 rings (SSSR count). The monoisotopic (exact) mass is 542 g/mol. The predicted octanol–water partition coefficient (Wildman–Crippen LogP) is 11.9. The maximum Gasteiger partial charge on any atom is 0.0194 e. The van der Waals surface area contributed by atoms with E-state index in [9.17, 15) is 0 Å². The van der Waals surface area contributed by atoms with Crippen molar-refractivity contribution in [1.82, 2.24) is 0 Å². The minimum absolute atomic E-state index is 0.00507. The first-order valence-corrected chi connectivity index (χ1v) is 15.4. The Hall–Kier alpha value is -3.12. The van der Waals surface area contributed by atoms with Crippen molar-refractivity contribution < 1.29 is 0 Å². The van der Waals surface area contributed by atoms with Crippen LogP contribution in [0.3, 0.4) is 0 Å². The fourth-order valence-corrected chi connectivity index (χ4v) is 9.33. The minimum Gasteiger partial charge on any atom is -0.0955 e. The molecule has 0 aromatic heterocycles. The molecule has 214 valence electrons. The summed E-state index contributed by atoms with van der Waals surface area (Å²) in [5.41, 5.74) is 18.4. The highest BCUT2D eigenvalue weighted by Gasteiger charge is 2.59. The van der Waals surface area contributed by atoms with E-state index in [1.54, 1.807) is 0 Å². The molecule has 0 radical (unpaired) electrons. The zero-order chi connectivity index (χ0) is 30.2. The summed E-state index contributed by atoms with van der Waals surface area (Å²) in [6.07, 6.45) is 4.23. The van der Waals surface area contributed by atoms with Gasteiger partial charge in [0.2, 0.25) is 0 Å². The molecule has 0 spiro atoms. The van der Waals surface area contributed by atoms with E-state index in [2.05, 4.69) is 112 Å². The Bertz CT molecular complexity index is 1600. The van der Waals surface area contributed by atoms with Crippen molar-refractivity contribution >= 4 is 11.1 Å². The van der Waals surface area contributed by atoms with Crippen LogP contribution in [0.1, 0.15) is 96.9 Å². The molecular formula is C41H50. The minimum atomic E-state index is -0.132. The van der Waals surface area contributed by atoms with Crippen LogP contribution in [-0.4, -0.2) is 0 Å². The molecule has 0 amide bonds. The van der Waals surface area contributed by atoms with Gasteiger partial charge in [-0.15, -0.1) is 0 Å². The summed E-state index contributed by atoms with van der Waals surface area (Å²) >= 11 is 0. The Balaban J connectivity index is 1.70. The quantitative estimate of drug-likeness (QED) is 0.352. The van der Waals surface area contributed by atoms with Gasteiger partial charge in [-0.25, -0.2) is 0 Å². The van der Waals surface area contributed by atoms with Gasteiger partial charge in [0.25, 0.3) is 0 Å². The van der Waals surface area contributed by atoms with E-state index in [-0.39, 0.29) is 16.2 Å². The van der Waals surface area contributed by atoms with E-state index in [4.69, 9.17) is 13.2 Å². The van der Waals surface area contributed by atoms with Gasteiger partial charge in [0.05, 0.1) is 0 Å². The number of rotatable bonds is 5. The Labute approximate surface area is 250 Å². The Morgan fingerprint density at radius 1 is 0.951 bits per heavy atom.